The Morgan fingerprint density at radius 1 is 1.16 bits per heavy atom. The van der Waals surface area contributed by atoms with Gasteiger partial charge in [-0.15, -0.1) is 4.31 Å². The third kappa shape index (κ3) is 6.47. The van der Waals surface area contributed by atoms with Crippen LogP contribution < -0.4 is 15.4 Å². The van der Waals surface area contributed by atoms with Crippen LogP contribution in [0, 0.1) is 5.92 Å². The fourth-order valence-corrected chi connectivity index (χ4v) is 6.91. The maximum Gasteiger partial charge on any atom is 0.410 e. The van der Waals surface area contributed by atoms with Gasteiger partial charge >= 0.3 is 6.09 Å². The van der Waals surface area contributed by atoms with Crippen LogP contribution in [0.1, 0.15) is 31.7 Å². The Balaban J connectivity index is 1.75. The van der Waals surface area contributed by atoms with E-state index in [2.05, 4.69) is 10.6 Å². The van der Waals surface area contributed by atoms with Crippen molar-refractivity contribution < 1.29 is 32.5 Å². The first-order valence-corrected chi connectivity index (χ1v) is 14.4. The molecule has 0 radical (unpaired) electrons. The molecule has 38 heavy (non-hydrogen) atoms. The predicted octanol–water partition coefficient (Wildman–Crippen LogP) is 2.48. The molecule has 1 amide bonds. The van der Waals surface area contributed by atoms with Gasteiger partial charge < -0.3 is 24.6 Å². The Morgan fingerprint density at radius 2 is 1.84 bits per heavy atom. The van der Waals surface area contributed by atoms with Gasteiger partial charge in [-0.3, -0.25) is 5.32 Å². The van der Waals surface area contributed by atoms with E-state index in [-0.39, 0.29) is 11.5 Å². The summed E-state index contributed by atoms with van der Waals surface area (Å²) in [6.07, 6.45) is 0.407. The lowest BCUT2D eigenvalue weighted by Gasteiger charge is -2.47. The van der Waals surface area contributed by atoms with Crippen molar-refractivity contribution in [1.82, 2.24) is 14.9 Å². The molecule has 2 heterocycles. The van der Waals surface area contributed by atoms with Crippen molar-refractivity contribution in [1.29, 1.82) is 0 Å². The first kappa shape index (κ1) is 28.3. The number of hydrogen-bond acceptors (Lipinski definition) is 8. The number of rotatable bonds is 10. The molecule has 0 spiro atoms. The smallest absolute Gasteiger partial charge is 0.410 e. The predicted molar refractivity (Wildman–Crippen MR) is 141 cm³/mol. The molecular weight excluding hydrogens is 510 g/mol. The summed E-state index contributed by atoms with van der Waals surface area (Å²) in [7, 11) is -2.79. The number of piperidine rings is 1. The molecule has 2 aliphatic rings. The lowest BCUT2D eigenvalue weighted by molar-refractivity contribution is -0.142. The van der Waals surface area contributed by atoms with E-state index in [1.54, 1.807) is 19.1 Å². The lowest BCUT2D eigenvalue weighted by Crippen LogP contribution is -2.69. The van der Waals surface area contributed by atoms with Crippen molar-refractivity contribution in [2.75, 3.05) is 33.4 Å². The Bertz CT molecular complexity index is 1150. The van der Waals surface area contributed by atoms with Crippen LogP contribution in [0.5, 0.6) is 5.75 Å². The standard InChI is InChI=1S/C27H37N3O7S/c1-20(18-21-6-4-3-5-7-21)27(32,29-26(31)37-24-14-17-36-19-24)30(22-12-15-28-16-13-22)38(33,34)25-10-8-23(35-2)9-11-25/h3-11,20,22,24,28,32H,12-19H2,1-2H3,(H,29,31). The van der Waals surface area contributed by atoms with Crippen LogP contribution in [0.3, 0.4) is 0 Å². The molecule has 4 rings (SSSR count). The minimum absolute atomic E-state index is 0.0125. The molecule has 10 nitrogen and oxygen atoms in total. The topological polar surface area (TPSA) is 126 Å². The van der Waals surface area contributed by atoms with Crippen LogP contribution in [0.25, 0.3) is 0 Å². The number of ether oxygens (including phenoxy) is 3. The second-order valence-electron chi connectivity index (χ2n) is 9.79. The van der Waals surface area contributed by atoms with Gasteiger partial charge in [-0.25, -0.2) is 13.2 Å². The van der Waals surface area contributed by atoms with Crippen LogP contribution in [-0.4, -0.2) is 75.3 Å². The SMILES string of the molecule is COc1ccc(S(=O)(=O)N(C2CCNCC2)C(O)(NC(=O)OC2CCOC2)C(C)Cc2ccccc2)cc1. The highest BCUT2D eigenvalue weighted by Gasteiger charge is 2.52. The molecule has 2 fully saturated rings. The Kier molecular flexibility index (Phi) is 9.27. The van der Waals surface area contributed by atoms with Crippen LogP contribution >= 0.6 is 0 Å². The van der Waals surface area contributed by atoms with Crippen molar-refractivity contribution in [2.45, 2.75) is 55.5 Å². The van der Waals surface area contributed by atoms with Crippen LogP contribution in [-0.2, 0) is 25.9 Å². The molecule has 3 unspecified atom stereocenters. The molecule has 0 aromatic heterocycles. The lowest BCUT2D eigenvalue weighted by atomic mass is 9.94. The van der Waals surface area contributed by atoms with Crippen LogP contribution in [0.4, 0.5) is 4.79 Å². The zero-order chi connectivity index (χ0) is 27.2. The summed E-state index contributed by atoms with van der Waals surface area (Å²) < 4.78 is 45.6. The molecule has 3 atom stereocenters. The van der Waals surface area contributed by atoms with E-state index in [1.165, 1.54) is 19.2 Å². The number of nitrogens with zero attached hydrogens (tertiary/aromatic N) is 1. The van der Waals surface area contributed by atoms with Gasteiger partial charge in [0.2, 0.25) is 15.9 Å². The van der Waals surface area contributed by atoms with Gasteiger partial charge in [-0.2, -0.15) is 0 Å². The molecule has 2 aromatic carbocycles. The Labute approximate surface area is 224 Å². The van der Waals surface area contributed by atoms with E-state index in [0.29, 0.717) is 51.1 Å². The molecule has 2 saturated heterocycles. The zero-order valence-corrected chi connectivity index (χ0v) is 22.7. The van der Waals surface area contributed by atoms with E-state index in [4.69, 9.17) is 14.2 Å². The first-order chi connectivity index (χ1) is 18.2. The van der Waals surface area contributed by atoms with Crippen LogP contribution in [0.2, 0.25) is 0 Å². The summed E-state index contributed by atoms with van der Waals surface area (Å²) in [4.78, 5) is 13.1. The number of amides is 1. The van der Waals surface area contributed by atoms with E-state index in [9.17, 15) is 18.3 Å². The molecule has 3 N–H and O–H groups in total. The number of alkyl carbamates (subject to hydrolysis) is 1. The number of methoxy groups -OCH3 is 1. The maximum atomic E-state index is 14.3. The summed E-state index contributed by atoms with van der Waals surface area (Å²) in [6, 6.07) is 14.9. The molecule has 0 saturated carbocycles. The van der Waals surface area contributed by atoms with E-state index in [0.717, 1.165) is 9.87 Å². The molecule has 11 heteroatoms. The third-order valence-corrected chi connectivity index (χ3v) is 9.07. The average Bonchev–Trinajstić information content (AvgIpc) is 3.42. The van der Waals surface area contributed by atoms with Crippen molar-refractivity contribution >= 4 is 16.1 Å². The maximum absolute atomic E-state index is 14.3. The number of carbonyl (C=O) groups excluding carboxylic acids is 1. The van der Waals surface area contributed by atoms with E-state index < -0.39 is 40.0 Å². The molecule has 2 aliphatic heterocycles. The van der Waals surface area contributed by atoms with Gasteiger partial charge in [0.1, 0.15) is 11.9 Å². The molecule has 0 aliphatic carbocycles. The van der Waals surface area contributed by atoms with Crippen LogP contribution in [0.15, 0.2) is 59.5 Å². The summed E-state index contributed by atoms with van der Waals surface area (Å²) >= 11 is 0. The van der Waals surface area contributed by atoms with Gasteiger partial charge in [0.15, 0.2) is 0 Å². The average molecular weight is 548 g/mol. The number of benzene rings is 2. The minimum atomic E-state index is -4.29. The Morgan fingerprint density at radius 3 is 2.45 bits per heavy atom. The number of nitrogens with one attached hydrogen (secondary N) is 2. The molecule has 208 valence electrons. The summed E-state index contributed by atoms with van der Waals surface area (Å²) in [5.74, 6) is -2.52. The first-order valence-electron chi connectivity index (χ1n) is 13.0. The fourth-order valence-electron chi connectivity index (χ4n) is 5.00. The largest absolute Gasteiger partial charge is 0.497 e. The Hall–Kier alpha value is -2.70. The monoisotopic (exact) mass is 547 g/mol. The fraction of sp³-hybridized carbons (Fsp3) is 0.519. The molecular formula is C27H37N3O7S. The number of hydrogen-bond donors (Lipinski definition) is 3. The van der Waals surface area contributed by atoms with Gasteiger partial charge in [0.05, 0.1) is 25.2 Å². The zero-order valence-electron chi connectivity index (χ0n) is 21.8. The summed E-state index contributed by atoms with van der Waals surface area (Å²) in [5, 5.41) is 18.2. The van der Waals surface area contributed by atoms with Gasteiger partial charge in [0, 0.05) is 18.4 Å². The van der Waals surface area contributed by atoms with Crippen molar-refractivity contribution in [3.63, 3.8) is 0 Å². The highest BCUT2D eigenvalue weighted by Crippen LogP contribution is 2.35. The third-order valence-electron chi connectivity index (χ3n) is 7.11. The normalized spacial score (nSPS) is 21.0. The van der Waals surface area contributed by atoms with E-state index in [1.807, 2.05) is 30.3 Å². The quantitative estimate of drug-likeness (QED) is 0.388. The second kappa shape index (κ2) is 12.4. The van der Waals surface area contributed by atoms with Crippen molar-refractivity contribution in [2.24, 2.45) is 5.92 Å². The minimum Gasteiger partial charge on any atom is -0.497 e. The molecule has 2 aromatic rings. The number of sulfonamides is 1. The number of aliphatic hydroxyl groups is 1. The molecule has 0 bridgehead atoms. The second-order valence-corrected chi connectivity index (χ2v) is 11.6. The van der Waals surface area contributed by atoms with Crippen molar-refractivity contribution in [3.05, 3.63) is 60.2 Å². The van der Waals surface area contributed by atoms with Gasteiger partial charge in [0.25, 0.3) is 0 Å². The highest BCUT2D eigenvalue weighted by molar-refractivity contribution is 7.89. The number of carbonyl (C=O) groups is 1. The highest BCUT2D eigenvalue weighted by atomic mass is 32.2. The van der Waals surface area contributed by atoms with E-state index >= 15 is 0 Å². The van der Waals surface area contributed by atoms with Gasteiger partial charge in [-0.05, 0) is 62.2 Å². The van der Waals surface area contributed by atoms with Crippen molar-refractivity contribution in [3.8, 4) is 5.75 Å². The van der Waals surface area contributed by atoms with Gasteiger partial charge in [-0.1, -0.05) is 37.3 Å². The summed E-state index contributed by atoms with van der Waals surface area (Å²) in [5.41, 5.74) is 0.893. The summed E-state index contributed by atoms with van der Waals surface area (Å²) in [6.45, 7) is 3.61.